The zero-order valence-corrected chi connectivity index (χ0v) is 20.6. The summed E-state index contributed by atoms with van der Waals surface area (Å²) in [4.78, 5) is 27.8. The maximum atomic E-state index is 13.5. The minimum Gasteiger partial charge on any atom is -0.497 e. The lowest BCUT2D eigenvalue weighted by Gasteiger charge is -2.51. The van der Waals surface area contributed by atoms with Crippen LogP contribution in [0.15, 0.2) is 107 Å². The molecule has 1 aromatic heterocycles. The van der Waals surface area contributed by atoms with E-state index in [4.69, 9.17) is 9.47 Å². The van der Waals surface area contributed by atoms with Gasteiger partial charge in [-0.3, -0.25) is 14.3 Å². The second-order valence-electron chi connectivity index (χ2n) is 9.16. The van der Waals surface area contributed by atoms with Crippen molar-refractivity contribution in [1.29, 1.82) is 0 Å². The predicted octanol–water partition coefficient (Wildman–Crippen LogP) is 1.35. The number of rotatable bonds is 7. The van der Waals surface area contributed by atoms with Gasteiger partial charge in [0, 0.05) is 12.3 Å². The maximum absolute atomic E-state index is 13.5. The number of hydrogen-bond donors (Lipinski definition) is 4. The molecule has 9 nitrogen and oxygen atoms in total. The fourth-order valence-corrected chi connectivity index (χ4v) is 5.66. The first kappa shape index (κ1) is 25.6. The Labute approximate surface area is 218 Å². The second-order valence-corrected chi connectivity index (χ2v) is 9.16. The molecule has 1 aliphatic heterocycles. The lowest BCUT2D eigenvalue weighted by molar-refractivity contribution is -0.180. The Morgan fingerprint density at radius 2 is 1.45 bits per heavy atom. The fraction of sp³-hybridized carbons (Fsp3) is 0.241. The topological polar surface area (TPSA) is 134 Å². The van der Waals surface area contributed by atoms with E-state index < -0.39 is 47.3 Å². The quantitative estimate of drug-likeness (QED) is 0.273. The van der Waals surface area contributed by atoms with Crippen LogP contribution >= 0.6 is 0 Å². The van der Waals surface area contributed by atoms with E-state index in [1.807, 2.05) is 60.7 Å². The van der Waals surface area contributed by atoms with Crippen molar-refractivity contribution in [1.82, 2.24) is 9.55 Å². The van der Waals surface area contributed by atoms with E-state index in [0.717, 1.165) is 10.6 Å². The summed E-state index contributed by atoms with van der Waals surface area (Å²) >= 11 is 0. The van der Waals surface area contributed by atoms with Gasteiger partial charge in [0.15, 0.2) is 5.72 Å². The second kappa shape index (κ2) is 10.0. The number of nitrogens with zero attached hydrogens (tertiary/aromatic N) is 1. The number of benzene rings is 3. The number of methoxy groups -OCH3 is 1. The molecule has 1 aliphatic rings. The molecule has 0 spiro atoms. The smallest absolute Gasteiger partial charge is 0.330 e. The standard InChI is InChI=1S/C29H28N2O7/c1-37-22-14-12-21(13-15-22)28(19-8-4-2-5-9-19,20-10-6-3-7-11-20)29(26(35)25(34)23(18-32)38-29)31-17-16-24(33)30-27(31)36/h2-17,23,25-26,32,34-35H,18H2,1H3,(H,30,33,36)/t23-,25-,26-,29+/m1/s1. The molecule has 0 radical (unpaired) electrons. The third-order valence-electron chi connectivity index (χ3n) is 7.27. The van der Waals surface area contributed by atoms with E-state index in [1.165, 1.54) is 6.20 Å². The molecule has 0 unspecified atom stereocenters. The molecule has 2 heterocycles. The van der Waals surface area contributed by atoms with E-state index in [-0.39, 0.29) is 0 Å². The van der Waals surface area contributed by atoms with Gasteiger partial charge in [-0.1, -0.05) is 72.8 Å². The van der Waals surface area contributed by atoms with Crippen molar-refractivity contribution < 1.29 is 24.8 Å². The molecule has 4 atom stereocenters. The van der Waals surface area contributed by atoms with Crippen molar-refractivity contribution >= 4 is 0 Å². The maximum Gasteiger partial charge on any atom is 0.330 e. The van der Waals surface area contributed by atoms with Gasteiger partial charge >= 0.3 is 5.69 Å². The number of aromatic nitrogens is 2. The summed E-state index contributed by atoms with van der Waals surface area (Å²) in [5.74, 6) is 0.584. The molecule has 38 heavy (non-hydrogen) atoms. The number of aliphatic hydroxyl groups excluding tert-OH is 3. The number of H-pyrrole nitrogens is 1. The molecule has 0 saturated carbocycles. The molecule has 0 aliphatic carbocycles. The summed E-state index contributed by atoms with van der Waals surface area (Å²) in [5, 5.41) is 33.2. The predicted molar refractivity (Wildman–Crippen MR) is 139 cm³/mol. The Balaban J connectivity index is 2.02. The highest BCUT2D eigenvalue weighted by Crippen LogP contribution is 2.56. The van der Waals surface area contributed by atoms with E-state index in [0.29, 0.717) is 22.4 Å². The van der Waals surface area contributed by atoms with E-state index in [9.17, 15) is 24.9 Å². The molecule has 3 aromatic carbocycles. The summed E-state index contributed by atoms with van der Waals surface area (Å²) in [6, 6.07) is 26.5. The van der Waals surface area contributed by atoms with Gasteiger partial charge in [-0.25, -0.2) is 4.79 Å². The lowest BCUT2D eigenvalue weighted by Crippen LogP contribution is -2.64. The zero-order valence-electron chi connectivity index (χ0n) is 20.6. The zero-order chi connectivity index (χ0) is 26.9. The third-order valence-corrected chi connectivity index (χ3v) is 7.27. The van der Waals surface area contributed by atoms with Crippen molar-refractivity contribution in [2.24, 2.45) is 0 Å². The highest BCUT2D eigenvalue weighted by Gasteiger charge is 2.68. The highest BCUT2D eigenvalue weighted by atomic mass is 16.6. The van der Waals surface area contributed by atoms with Crippen molar-refractivity contribution in [3.63, 3.8) is 0 Å². The van der Waals surface area contributed by atoms with Crippen molar-refractivity contribution in [2.75, 3.05) is 13.7 Å². The van der Waals surface area contributed by atoms with Crippen LogP contribution in [-0.4, -0.2) is 56.9 Å². The molecule has 4 aromatic rings. The first-order valence-electron chi connectivity index (χ1n) is 12.1. The first-order valence-corrected chi connectivity index (χ1v) is 12.1. The van der Waals surface area contributed by atoms with Crippen LogP contribution < -0.4 is 16.0 Å². The van der Waals surface area contributed by atoms with Crippen molar-refractivity contribution in [2.45, 2.75) is 29.5 Å². The first-order chi connectivity index (χ1) is 18.4. The summed E-state index contributed by atoms with van der Waals surface area (Å²) < 4.78 is 13.0. The lowest BCUT2D eigenvalue weighted by atomic mass is 9.60. The van der Waals surface area contributed by atoms with Crippen LogP contribution in [0, 0.1) is 0 Å². The van der Waals surface area contributed by atoms with Crippen LogP contribution in [0.25, 0.3) is 0 Å². The van der Waals surface area contributed by atoms with Crippen LogP contribution in [0.3, 0.4) is 0 Å². The van der Waals surface area contributed by atoms with Crippen LogP contribution in [0.4, 0.5) is 0 Å². The number of aromatic amines is 1. The largest absolute Gasteiger partial charge is 0.497 e. The Morgan fingerprint density at radius 3 is 1.92 bits per heavy atom. The van der Waals surface area contributed by atoms with Gasteiger partial charge in [-0.15, -0.1) is 0 Å². The average Bonchev–Trinajstić information content (AvgIpc) is 3.21. The van der Waals surface area contributed by atoms with Crippen LogP contribution in [0.5, 0.6) is 5.75 Å². The SMILES string of the molecule is COc1ccc(C(c2ccccc2)(c2ccccc2)[C@@]2(n3ccc(=O)[nH]c3=O)O[C@H](CO)[C@@H](O)[C@H]2O)cc1. The van der Waals surface area contributed by atoms with E-state index >= 15 is 0 Å². The van der Waals surface area contributed by atoms with E-state index in [1.54, 1.807) is 31.4 Å². The number of ether oxygens (including phenoxy) is 2. The Morgan fingerprint density at radius 1 is 0.895 bits per heavy atom. The van der Waals surface area contributed by atoms with Crippen LogP contribution in [-0.2, 0) is 15.9 Å². The number of hydrogen-bond acceptors (Lipinski definition) is 7. The normalized spacial score (nSPS) is 23.3. The van der Waals surface area contributed by atoms with Crippen molar-refractivity contribution in [3.05, 3.63) is 135 Å². The molecular formula is C29H28N2O7. The summed E-state index contributed by atoms with van der Waals surface area (Å²) in [6.45, 7) is -0.625. The van der Waals surface area contributed by atoms with Gasteiger partial charge < -0.3 is 24.8 Å². The summed E-state index contributed by atoms with van der Waals surface area (Å²) in [5.41, 5.74) is -3.21. The summed E-state index contributed by atoms with van der Waals surface area (Å²) in [7, 11) is 1.55. The minimum absolute atomic E-state index is 0.584. The Hall–Kier alpha value is -4.02. The van der Waals surface area contributed by atoms with Gasteiger partial charge in [0.25, 0.3) is 5.56 Å². The minimum atomic E-state index is -2.07. The molecule has 1 fully saturated rings. The van der Waals surface area contributed by atoms with Gasteiger partial charge in [-0.05, 0) is 28.8 Å². The van der Waals surface area contributed by atoms with Crippen LogP contribution in [0.1, 0.15) is 16.7 Å². The van der Waals surface area contributed by atoms with Crippen molar-refractivity contribution in [3.8, 4) is 5.75 Å². The molecule has 4 N–H and O–H groups in total. The monoisotopic (exact) mass is 516 g/mol. The molecule has 0 bridgehead atoms. The van der Waals surface area contributed by atoms with Gasteiger partial charge in [0.2, 0.25) is 0 Å². The Kier molecular flexibility index (Phi) is 6.77. The Bertz CT molecular complexity index is 1460. The molecule has 196 valence electrons. The fourth-order valence-electron chi connectivity index (χ4n) is 5.66. The highest BCUT2D eigenvalue weighted by molar-refractivity contribution is 5.55. The van der Waals surface area contributed by atoms with E-state index in [2.05, 4.69) is 4.98 Å². The third kappa shape index (κ3) is 3.71. The molecule has 5 rings (SSSR count). The van der Waals surface area contributed by atoms with Gasteiger partial charge in [0.1, 0.15) is 24.1 Å². The molecule has 0 amide bonds. The number of aliphatic hydroxyl groups is 3. The van der Waals surface area contributed by atoms with Gasteiger partial charge in [-0.2, -0.15) is 0 Å². The molecule has 9 heteroatoms. The molecule has 1 saturated heterocycles. The van der Waals surface area contributed by atoms with Gasteiger partial charge in [0.05, 0.1) is 19.1 Å². The van der Waals surface area contributed by atoms with Crippen LogP contribution in [0.2, 0.25) is 0 Å². The average molecular weight is 517 g/mol. The molecular weight excluding hydrogens is 488 g/mol. The number of nitrogens with one attached hydrogen (secondary N) is 1. The summed E-state index contributed by atoms with van der Waals surface area (Å²) in [6.07, 6.45) is -3.30.